The molecule has 142 valence electrons. The number of piperazine rings is 1. The summed E-state index contributed by atoms with van der Waals surface area (Å²) in [5, 5.41) is 10.3. The minimum absolute atomic E-state index is 0.0592. The number of amides is 2. The number of phenolic OH excluding ortho intramolecular Hbond substituents is 1. The Labute approximate surface area is 159 Å². The first kappa shape index (κ1) is 19.0. The second-order valence-corrected chi connectivity index (χ2v) is 7.60. The molecule has 0 aliphatic carbocycles. The van der Waals surface area contributed by atoms with Gasteiger partial charge < -0.3 is 14.9 Å². The monoisotopic (exact) mass is 379 g/mol. The summed E-state index contributed by atoms with van der Waals surface area (Å²) in [4.78, 5) is 31.0. The normalized spacial score (nSPS) is 21.7. The zero-order valence-electron chi connectivity index (χ0n) is 15.2. The molecule has 2 amide bonds. The third-order valence-electron chi connectivity index (χ3n) is 5.33. The van der Waals surface area contributed by atoms with E-state index in [9.17, 15) is 14.7 Å². The summed E-state index contributed by atoms with van der Waals surface area (Å²) in [7, 11) is 0. The molecule has 1 unspecified atom stereocenters. The van der Waals surface area contributed by atoms with Gasteiger partial charge in [0.2, 0.25) is 5.91 Å². The number of halogens is 1. The predicted octanol–water partition coefficient (Wildman–Crippen LogP) is 2.20. The lowest BCUT2D eigenvalue weighted by atomic mass is 10.0. The summed E-state index contributed by atoms with van der Waals surface area (Å²) in [6.07, 6.45) is 3.36. The fourth-order valence-corrected chi connectivity index (χ4v) is 3.88. The lowest BCUT2D eigenvalue weighted by Gasteiger charge is -2.38. The standard InChI is InChI=1S/C19H26ClN3O3/c1-14-4-2-3-7-23(14)18(25)13-21-8-10-22(11-9-21)19(26)16-12-15(20)5-6-17(16)24/h5-6,12,14,24H,2-4,7-11,13H2,1H3. The Kier molecular flexibility index (Phi) is 6.04. The topological polar surface area (TPSA) is 64.1 Å². The van der Waals surface area contributed by atoms with Crippen molar-refractivity contribution in [3.05, 3.63) is 28.8 Å². The number of rotatable bonds is 3. The molecule has 0 bridgehead atoms. The molecule has 2 aliphatic heterocycles. The zero-order valence-corrected chi connectivity index (χ0v) is 15.9. The van der Waals surface area contributed by atoms with E-state index in [1.807, 2.05) is 4.90 Å². The molecule has 0 spiro atoms. The maximum absolute atomic E-state index is 12.6. The Morgan fingerprint density at radius 3 is 2.58 bits per heavy atom. The quantitative estimate of drug-likeness (QED) is 0.874. The van der Waals surface area contributed by atoms with Gasteiger partial charge >= 0.3 is 0 Å². The summed E-state index contributed by atoms with van der Waals surface area (Å²) in [5.74, 6) is -0.0961. The van der Waals surface area contributed by atoms with Crippen LogP contribution in [-0.2, 0) is 4.79 Å². The second kappa shape index (κ2) is 8.27. The van der Waals surface area contributed by atoms with Crippen LogP contribution in [0.5, 0.6) is 5.75 Å². The molecule has 2 fully saturated rings. The van der Waals surface area contributed by atoms with Gasteiger partial charge in [0, 0.05) is 43.8 Å². The number of carbonyl (C=O) groups is 2. The van der Waals surface area contributed by atoms with Gasteiger partial charge in [0.1, 0.15) is 5.75 Å². The molecule has 1 atom stereocenters. The molecule has 1 aromatic carbocycles. The Morgan fingerprint density at radius 2 is 1.88 bits per heavy atom. The third-order valence-corrected chi connectivity index (χ3v) is 5.57. The summed E-state index contributed by atoms with van der Waals surface area (Å²) in [5.41, 5.74) is 0.226. The van der Waals surface area contributed by atoms with Crippen molar-refractivity contribution in [2.45, 2.75) is 32.2 Å². The zero-order chi connectivity index (χ0) is 18.7. The number of nitrogens with zero attached hydrogens (tertiary/aromatic N) is 3. The van der Waals surface area contributed by atoms with Crippen LogP contribution in [0.15, 0.2) is 18.2 Å². The van der Waals surface area contributed by atoms with Gasteiger partial charge in [-0.05, 0) is 44.4 Å². The molecule has 1 aromatic rings. The fourth-order valence-electron chi connectivity index (χ4n) is 3.71. The molecular formula is C19H26ClN3O3. The third kappa shape index (κ3) is 4.30. The molecule has 0 aromatic heterocycles. The first-order valence-electron chi connectivity index (χ1n) is 9.25. The van der Waals surface area contributed by atoms with E-state index >= 15 is 0 Å². The molecule has 6 nitrogen and oxygen atoms in total. The van der Waals surface area contributed by atoms with Gasteiger partial charge in [0.15, 0.2) is 0 Å². The van der Waals surface area contributed by atoms with E-state index in [0.29, 0.717) is 43.8 Å². The first-order chi connectivity index (χ1) is 12.5. The van der Waals surface area contributed by atoms with Crippen LogP contribution in [0, 0.1) is 0 Å². The van der Waals surface area contributed by atoms with Crippen molar-refractivity contribution in [2.75, 3.05) is 39.3 Å². The van der Waals surface area contributed by atoms with E-state index in [0.717, 1.165) is 19.4 Å². The maximum Gasteiger partial charge on any atom is 0.257 e. The number of phenols is 1. The SMILES string of the molecule is CC1CCCCN1C(=O)CN1CCN(C(=O)c2cc(Cl)ccc2O)CC1. The van der Waals surface area contributed by atoms with Crippen LogP contribution < -0.4 is 0 Å². The molecule has 0 radical (unpaired) electrons. The summed E-state index contributed by atoms with van der Waals surface area (Å²) in [6.45, 7) is 5.76. The van der Waals surface area contributed by atoms with Crippen LogP contribution in [0.25, 0.3) is 0 Å². The summed E-state index contributed by atoms with van der Waals surface area (Å²) in [6, 6.07) is 4.81. The molecular weight excluding hydrogens is 354 g/mol. The van der Waals surface area contributed by atoms with E-state index in [1.165, 1.54) is 18.6 Å². The van der Waals surface area contributed by atoms with Gasteiger partial charge in [-0.15, -0.1) is 0 Å². The Morgan fingerprint density at radius 1 is 1.15 bits per heavy atom. The Hall–Kier alpha value is -1.79. The van der Waals surface area contributed by atoms with Crippen LogP contribution in [0.4, 0.5) is 0 Å². The van der Waals surface area contributed by atoms with Gasteiger partial charge in [-0.1, -0.05) is 11.6 Å². The van der Waals surface area contributed by atoms with Gasteiger partial charge in [0.05, 0.1) is 12.1 Å². The molecule has 2 saturated heterocycles. The molecule has 7 heteroatoms. The summed E-state index contributed by atoms with van der Waals surface area (Å²) < 4.78 is 0. The second-order valence-electron chi connectivity index (χ2n) is 7.16. The van der Waals surface area contributed by atoms with Crippen molar-refractivity contribution in [1.82, 2.24) is 14.7 Å². The van der Waals surface area contributed by atoms with E-state index in [2.05, 4.69) is 11.8 Å². The van der Waals surface area contributed by atoms with Crippen molar-refractivity contribution in [2.24, 2.45) is 0 Å². The van der Waals surface area contributed by atoms with Crippen molar-refractivity contribution in [1.29, 1.82) is 0 Å². The minimum Gasteiger partial charge on any atom is -0.507 e. The number of carbonyl (C=O) groups excluding carboxylic acids is 2. The highest BCUT2D eigenvalue weighted by molar-refractivity contribution is 6.31. The number of likely N-dealkylation sites (tertiary alicyclic amines) is 1. The maximum atomic E-state index is 12.6. The molecule has 26 heavy (non-hydrogen) atoms. The summed E-state index contributed by atoms with van der Waals surface area (Å²) >= 11 is 5.93. The average molecular weight is 380 g/mol. The van der Waals surface area contributed by atoms with Crippen molar-refractivity contribution >= 4 is 23.4 Å². The minimum atomic E-state index is -0.222. The highest BCUT2D eigenvalue weighted by Gasteiger charge is 2.28. The predicted molar refractivity (Wildman–Crippen MR) is 100 cm³/mol. The highest BCUT2D eigenvalue weighted by atomic mass is 35.5. The molecule has 1 N–H and O–H groups in total. The number of hydrogen-bond donors (Lipinski definition) is 1. The van der Waals surface area contributed by atoms with E-state index < -0.39 is 0 Å². The van der Waals surface area contributed by atoms with E-state index in [-0.39, 0.29) is 23.1 Å². The van der Waals surface area contributed by atoms with Crippen LogP contribution in [0.3, 0.4) is 0 Å². The molecule has 3 rings (SSSR count). The Bertz CT molecular complexity index is 674. The lowest BCUT2D eigenvalue weighted by molar-refractivity contribution is -0.136. The van der Waals surface area contributed by atoms with E-state index in [4.69, 9.17) is 11.6 Å². The van der Waals surface area contributed by atoms with Crippen molar-refractivity contribution < 1.29 is 14.7 Å². The molecule has 2 aliphatic rings. The molecule has 0 saturated carbocycles. The smallest absolute Gasteiger partial charge is 0.257 e. The van der Waals surface area contributed by atoms with Crippen LogP contribution in [0.2, 0.25) is 5.02 Å². The number of aromatic hydroxyl groups is 1. The largest absolute Gasteiger partial charge is 0.507 e. The van der Waals surface area contributed by atoms with Gasteiger partial charge in [-0.3, -0.25) is 14.5 Å². The van der Waals surface area contributed by atoms with Gasteiger partial charge in [-0.25, -0.2) is 0 Å². The van der Waals surface area contributed by atoms with Crippen LogP contribution >= 0.6 is 11.6 Å². The highest BCUT2D eigenvalue weighted by Crippen LogP contribution is 2.23. The van der Waals surface area contributed by atoms with Crippen LogP contribution in [-0.4, -0.2) is 76.9 Å². The fraction of sp³-hybridized carbons (Fsp3) is 0.579. The van der Waals surface area contributed by atoms with Gasteiger partial charge in [0.25, 0.3) is 5.91 Å². The molecule has 2 heterocycles. The first-order valence-corrected chi connectivity index (χ1v) is 9.63. The van der Waals surface area contributed by atoms with Crippen molar-refractivity contribution in [3.8, 4) is 5.75 Å². The average Bonchev–Trinajstić information content (AvgIpc) is 2.64. The Balaban J connectivity index is 1.53. The van der Waals surface area contributed by atoms with Gasteiger partial charge in [-0.2, -0.15) is 0 Å². The van der Waals surface area contributed by atoms with Crippen molar-refractivity contribution in [3.63, 3.8) is 0 Å². The van der Waals surface area contributed by atoms with Crippen LogP contribution in [0.1, 0.15) is 36.5 Å². The lowest BCUT2D eigenvalue weighted by Crippen LogP contribution is -2.53. The number of benzene rings is 1. The number of hydrogen-bond acceptors (Lipinski definition) is 4. The number of piperidine rings is 1. The van der Waals surface area contributed by atoms with E-state index in [1.54, 1.807) is 11.0 Å².